The summed E-state index contributed by atoms with van der Waals surface area (Å²) < 4.78 is 6.89. The van der Waals surface area contributed by atoms with Crippen LogP contribution in [0.2, 0.25) is 0 Å². The molecule has 3 aromatic rings. The second-order valence-corrected chi connectivity index (χ2v) is 12.4. The summed E-state index contributed by atoms with van der Waals surface area (Å²) >= 11 is 2.72. The van der Waals surface area contributed by atoms with Crippen molar-refractivity contribution in [1.82, 2.24) is 5.32 Å². The van der Waals surface area contributed by atoms with Crippen molar-refractivity contribution in [2.75, 3.05) is 27.2 Å². The van der Waals surface area contributed by atoms with Crippen LogP contribution in [0.25, 0.3) is 0 Å². The van der Waals surface area contributed by atoms with Crippen molar-refractivity contribution in [3.63, 3.8) is 0 Å². The van der Waals surface area contributed by atoms with Crippen LogP contribution in [-0.2, 0) is 15.1 Å². The lowest BCUT2D eigenvalue weighted by Crippen LogP contribution is -2.55. The molecule has 0 radical (unpaired) electrons. The number of rotatable bonds is 9. The quantitative estimate of drug-likeness (QED) is 0.323. The van der Waals surface area contributed by atoms with Gasteiger partial charge in [0, 0.05) is 17.4 Å². The molecule has 2 bridgehead atoms. The van der Waals surface area contributed by atoms with Gasteiger partial charge in [-0.3, -0.25) is 4.79 Å². The van der Waals surface area contributed by atoms with E-state index in [-0.39, 0.29) is 17.9 Å². The van der Waals surface area contributed by atoms with E-state index in [2.05, 4.69) is 19.4 Å². The van der Waals surface area contributed by atoms with Crippen LogP contribution >= 0.6 is 22.7 Å². The highest BCUT2D eigenvalue weighted by Gasteiger charge is 2.58. The van der Waals surface area contributed by atoms with Gasteiger partial charge in [0.15, 0.2) is 0 Å². The van der Waals surface area contributed by atoms with E-state index in [1.165, 1.54) is 22.7 Å². The molecule has 36 heavy (non-hydrogen) atoms. The van der Waals surface area contributed by atoms with Crippen molar-refractivity contribution in [3.8, 4) is 0 Å². The number of nitrogens with zero attached hydrogens (tertiary/aromatic N) is 1. The minimum Gasteiger partial charge on any atom is -0.459 e. The predicted molar refractivity (Wildman–Crippen MR) is 142 cm³/mol. The number of fused-ring (bicyclic) bond motifs is 2. The lowest BCUT2D eigenvalue weighted by atomic mass is 9.96. The Hall–Kier alpha value is -2.52. The molecule has 190 valence electrons. The van der Waals surface area contributed by atoms with Gasteiger partial charge in [-0.05, 0) is 54.3 Å². The van der Waals surface area contributed by atoms with Crippen LogP contribution in [0.3, 0.4) is 0 Å². The molecule has 2 heterocycles. The Balaban J connectivity index is 1.25. The number of ether oxygens (including phenoxy) is 1. The maximum absolute atomic E-state index is 13.5. The standard InChI is InChI=1S/C28H32N2O4S2/c1-30(2,15-14-29-26(31)19-8-4-3-5-9-19)25-20-12-13-21(25)22(18-20)34-27(32)28(33,23-10-6-16-35-23)24-11-7-17-36-24/h3-11,16-17,20-22,25,33H,12-15,18H2,1-2H3/p+1. The van der Waals surface area contributed by atoms with Crippen molar-refractivity contribution in [1.29, 1.82) is 0 Å². The van der Waals surface area contributed by atoms with Crippen LogP contribution < -0.4 is 5.32 Å². The van der Waals surface area contributed by atoms with Crippen molar-refractivity contribution in [3.05, 3.63) is 80.7 Å². The summed E-state index contributed by atoms with van der Waals surface area (Å²) in [6.07, 6.45) is 2.76. The third-order valence-corrected chi connectivity index (χ3v) is 9.89. The van der Waals surface area contributed by atoms with Gasteiger partial charge in [-0.2, -0.15) is 0 Å². The van der Waals surface area contributed by atoms with E-state index >= 15 is 0 Å². The van der Waals surface area contributed by atoms with Crippen LogP contribution in [0.5, 0.6) is 0 Å². The smallest absolute Gasteiger partial charge is 0.349 e. The largest absolute Gasteiger partial charge is 0.459 e. The summed E-state index contributed by atoms with van der Waals surface area (Å²) in [5, 5.41) is 18.4. The molecule has 2 aliphatic carbocycles. The van der Waals surface area contributed by atoms with Gasteiger partial charge < -0.3 is 19.6 Å². The van der Waals surface area contributed by atoms with Gasteiger partial charge in [-0.25, -0.2) is 4.79 Å². The number of likely N-dealkylation sites (N-methyl/N-ethyl adjacent to an activating group) is 1. The molecule has 4 unspecified atom stereocenters. The van der Waals surface area contributed by atoms with Crippen molar-refractivity contribution in [2.45, 2.75) is 37.0 Å². The first-order valence-electron chi connectivity index (χ1n) is 12.5. The molecule has 2 fully saturated rings. The summed E-state index contributed by atoms with van der Waals surface area (Å²) in [6.45, 7) is 1.38. The summed E-state index contributed by atoms with van der Waals surface area (Å²) in [5.74, 6) is 0.0706. The zero-order valence-electron chi connectivity index (χ0n) is 20.6. The van der Waals surface area contributed by atoms with Crippen LogP contribution in [-0.4, -0.2) is 60.8 Å². The van der Waals surface area contributed by atoms with Gasteiger partial charge in [0.05, 0.1) is 43.0 Å². The molecule has 0 aliphatic heterocycles. The van der Waals surface area contributed by atoms with Crippen LogP contribution in [0.4, 0.5) is 0 Å². The number of quaternary nitrogens is 1. The van der Waals surface area contributed by atoms with E-state index in [4.69, 9.17) is 4.74 Å². The fourth-order valence-electron chi connectivity index (χ4n) is 6.27. The highest BCUT2D eigenvalue weighted by atomic mass is 32.1. The third kappa shape index (κ3) is 4.63. The number of thiophene rings is 2. The number of nitrogens with one attached hydrogen (secondary N) is 1. The molecule has 8 heteroatoms. The number of amides is 1. The molecule has 2 saturated carbocycles. The fraction of sp³-hybridized carbons (Fsp3) is 0.429. The first-order chi connectivity index (χ1) is 17.3. The van der Waals surface area contributed by atoms with E-state index < -0.39 is 11.6 Å². The van der Waals surface area contributed by atoms with Gasteiger partial charge in [0.25, 0.3) is 5.91 Å². The molecule has 0 saturated heterocycles. The van der Waals surface area contributed by atoms with E-state index in [9.17, 15) is 14.7 Å². The molecular formula is C28H33N2O4S2+. The Morgan fingerprint density at radius 2 is 1.69 bits per heavy atom. The topological polar surface area (TPSA) is 75.6 Å². The summed E-state index contributed by atoms with van der Waals surface area (Å²) in [4.78, 5) is 27.1. The predicted octanol–water partition coefficient (Wildman–Crippen LogP) is 4.26. The van der Waals surface area contributed by atoms with Crippen LogP contribution in [0, 0.1) is 11.8 Å². The van der Waals surface area contributed by atoms with Crippen LogP contribution in [0.15, 0.2) is 65.4 Å². The maximum Gasteiger partial charge on any atom is 0.349 e. The average Bonchev–Trinajstić information content (AvgIpc) is 3.68. The molecule has 1 amide bonds. The second-order valence-electron chi connectivity index (χ2n) is 10.5. The highest BCUT2D eigenvalue weighted by Crippen LogP contribution is 2.51. The number of hydrogen-bond donors (Lipinski definition) is 2. The van der Waals surface area contributed by atoms with Gasteiger partial charge in [-0.15, -0.1) is 22.7 Å². The van der Waals surface area contributed by atoms with Crippen LogP contribution in [0.1, 0.15) is 39.4 Å². The second kappa shape index (κ2) is 10.1. The minimum atomic E-state index is -1.77. The van der Waals surface area contributed by atoms with Gasteiger partial charge in [0.2, 0.25) is 5.60 Å². The monoisotopic (exact) mass is 525 g/mol. The Labute approximate surface area is 220 Å². The lowest BCUT2D eigenvalue weighted by Gasteiger charge is -2.39. The minimum absolute atomic E-state index is 0.0572. The third-order valence-electron chi connectivity index (χ3n) is 7.93. The Kier molecular flexibility index (Phi) is 7.05. The maximum atomic E-state index is 13.5. The van der Waals surface area contributed by atoms with Gasteiger partial charge in [0.1, 0.15) is 6.10 Å². The Morgan fingerprint density at radius 1 is 1.03 bits per heavy atom. The fourth-order valence-corrected chi connectivity index (χ4v) is 7.99. The van der Waals surface area contributed by atoms with Crippen molar-refractivity contribution >= 4 is 34.6 Å². The number of aliphatic hydroxyl groups is 1. The molecule has 2 N–H and O–H groups in total. The zero-order valence-corrected chi connectivity index (χ0v) is 22.3. The molecule has 5 rings (SSSR count). The molecule has 1 aromatic carbocycles. The first kappa shape index (κ1) is 25.1. The highest BCUT2D eigenvalue weighted by molar-refractivity contribution is 7.12. The number of esters is 1. The molecule has 2 aromatic heterocycles. The van der Waals surface area contributed by atoms with Gasteiger partial charge >= 0.3 is 5.97 Å². The number of carbonyl (C=O) groups is 2. The van der Waals surface area contributed by atoms with E-state index in [0.717, 1.165) is 30.3 Å². The molecule has 2 aliphatic rings. The molecule has 0 spiro atoms. The molecule has 6 nitrogen and oxygen atoms in total. The molecule has 4 atom stereocenters. The SMILES string of the molecule is C[N+](C)(CCNC(=O)c1ccccc1)C1C2CCC1C(OC(=O)C(O)(c1cccs1)c1cccs1)C2. The average molecular weight is 526 g/mol. The summed E-state index contributed by atoms with van der Waals surface area (Å²) in [5.41, 5.74) is -1.11. The molecular weight excluding hydrogens is 492 g/mol. The van der Waals surface area contributed by atoms with E-state index in [1.807, 2.05) is 53.2 Å². The first-order valence-corrected chi connectivity index (χ1v) is 14.2. The van der Waals surface area contributed by atoms with E-state index in [0.29, 0.717) is 33.8 Å². The Bertz CT molecular complexity index is 1140. The van der Waals surface area contributed by atoms with E-state index in [1.54, 1.807) is 12.1 Å². The number of carbonyl (C=O) groups excluding carboxylic acids is 2. The number of benzene rings is 1. The van der Waals surface area contributed by atoms with Crippen molar-refractivity contribution < 1.29 is 23.9 Å². The lowest BCUT2D eigenvalue weighted by molar-refractivity contribution is -0.918. The van der Waals surface area contributed by atoms with Gasteiger partial charge in [-0.1, -0.05) is 30.3 Å². The zero-order chi connectivity index (χ0) is 25.3. The number of hydrogen-bond acceptors (Lipinski definition) is 6. The normalized spacial score (nSPS) is 23.5. The van der Waals surface area contributed by atoms with Crippen molar-refractivity contribution in [2.24, 2.45) is 11.8 Å². The Morgan fingerprint density at radius 3 is 2.31 bits per heavy atom. The summed E-state index contributed by atoms with van der Waals surface area (Å²) in [7, 11) is 4.42. The summed E-state index contributed by atoms with van der Waals surface area (Å²) in [6, 6.07) is 16.9.